The number of halogens is 1. The molecule has 0 saturated heterocycles. The van der Waals surface area contributed by atoms with E-state index in [9.17, 15) is 9.59 Å². The van der Waals surface area contributed by atoms with E-state index in [0.29, 0.717) is 29.1 Å². The number of Topliss-reactive ketones (excluding diaryl/α,β-unsaturated/α-hetero) is 1. The Hall–Kier alpha value is -2.07. The predicted molar refractivity (Wildman–Crippen MR) is 114 cm³/mol. The van der Waals surface area contributed by atoms with Crippen LogP contribution >= 0.6 is 11.6 Å². The Morgan fingerprint density at radius 3 is 2.38 bits per heavy atom. The molecule has 1 aromatic heterocycles. The van der Waals surface area contributed by atoms with Gasteiger partial charge in [-0.3, -0.25) is 4.79 Å². The molecule has 1 fully saturated rings. The fourth-order valence-electron chi connectivity index (χ4n) is 4.76. The molecule has 4 nitrogen and oxygen atoms in total. The van der Waals surface area contributed by atoms with Gasteiger partial charge < -0.3 is 9.72 Å². The lowest BCUT2D eigenvalue weighted by molar-refractivity contribution is 0.0232. The Morgan fingerprint density at radius 2 is 1.69 bits per heavy atom. The van der Waals surface area contributed by atoms with Gasteiger partial charge in [-0.25, -0.2) is 4.79 Å². The molecular formula is C24H28ClNO3. The number of hydrogen-bond donors (Lipinski definition) is 1. The lowest BCUT2D eigenvalue weighted by Crippen LogP contribution is -2.20. The van der Waals surface area contributed by atoms with Gasteiger partial charge in [0.25, 0.3) is 0 Å². The van der Waals surface area contributed by atoms with Crippen molar-refractivity contribution in [1.82, 2.24) is 4.98 Å². The highest BCUT2D eigenvalue weighted by Gasteiger charge is 2.32. The van der Waals surface area contributed by atoms with Gasteiger partial charge in [-0.2, -0.15) is 0 Å². The summed E-state index contributed by atoms with van der Waals surface area (Å²) in [5, 5.41) is 0.687. The number of rotatable bonds is 3. The third-order valence-electron chi connectivity index (χ3n) is 6.36. The van der Waals surface area contributed by atoms with E-state index in [4.69, 9.17) is 16.3 Å². The van der Waals surface area contributed by atoms with Crippen molar-refractivity contribution in [3.8, 4) is 0 Å². The predicted octanol–water partition coefficient (Wildman–Crippen LogP) is 6.16. The largest absolute Gasteiger partial charge is 0.458 e. The van der Waals surface area contributed by atoms with Gasteiger partial charge in [-0.05, 0) is 68.2 Å². The lowest BCUT2D eigenvalue weighted by atomic mass is 9.81. The molecule has 0 bridgehead atoms. The number of aromatic amines is 1. The van der Waals surface area contributed by atoms with Crippen LogP contribution in [-0.4, -0.2) is 22.8 Å². The number of nitrogens with one attached hydrogen (secondary N) is 1. The highest BCUT2D eigenvalue weighted by atomic mass is 35.5. The number of ketones is 1. The zero-order valence-corrected chi connectivity index (χ0v) is 17.7. The van der Waals surface area contributed by atoms with Crippen molar-refractivity contribution in [2.75, 3.05) is 0 Å². The van der Waals surface area contributed by atoms with Gasteiger partial charge in [0.2, 0.25) is 0 Å². The van der Waals surface area contributed by atoms with Crippen LogP contribution in [0.15, 0.2) is 24.3 Å². The molecule has 1 heterocycles. The second-order valence-corrected chi connectivity index (χ2v) is 8.87. The van der Waals surface area contributed by atoms with Crippen LogP contribution in [0.5, 0.6) is 0 Å². The molecular weight excluding hydrogens is 386 g/mol. The molecule has 2 aliphatic rings. The first kappa shape index (κ1) is 20.2. The van der Waals surface area contributed by atoms with Crippen molar-refractivity contribution in [2.45, 2.75) is 76.7 Å². The van der Waals surface area contributed by atoms with E-state index in [2.05, 4.69) is 4.98 Å². The van der Waals surface area contributed by atoms with E-state index >= 15 is 0 Å². The van der Waals surface area contributed by atoms with Crippen LogP contribution in [0, 0.1) is 6.92 Å². The summed E-state index contributed by atoms with van der Waals surface area (Å²) in [6.45, 7) is 1.85. The average molecular weight is 414 g/mol. The third kappa shape index (κ3) is 4.42. The topological polar surface area (TPSA) is 59.2 Å². The summed E-state index contributed by atoms with van der Waals surface area (Å²) in [6.07, 6.45) is 8.93. The number of aromatic nitrogens is 1. The summed E-state index contributed by atoms with van der Waals surface area (Å²) in [5.41, 5.74) is 3.81. The lowest BCUT2D eigenvalue weighted by Gasteiger charge is -2.22. The Kier molecular flexibility index (Phi) is 6.09. The van der Waals surface area contributed by atoms with Crippen LogP contribution in [0.3, 0.4) is 0 Å². The molecule has 29 heavy (non-hydrogen) atoms. The Balaban J connectivity index is 1.52. The van der Waals surface area contributed by atoms with Gasteiger partial charge in [0.15, 0.2) is 5.78 Å². The molecule has 1 N–H and O–H groups in total. The average Bonchev–Trinajstić information content (AvgIpc) is 3.01. The maximum absolute atomic E-state index is 12.9. The van der Waals surface area contributed by atoms with E-state index in [-0.39, 0.29) is 23.8 Å². The smallest absolute Gasteiger partial charge is 0.355 e. The second-order valence-electron chi connectivity index (χ2n) is 8.43. The van der Waals surface area contributed by atoms with E-state index in [1.807, 2.05) is 31.2 Å². The molecule has 2 aliphatic carbocycles. The van der Waals surface area contributed by atoms with Gasteiger partial charge in [0.05, 0.1) is 0 Å². The van der Waals surface area contributed by atoms with Gasteiger partial charge in [-0.1, -0.05) is 43.0 Å². The summed E-state index contributed by atoms with van der Waals surface area (Å²) in [7, 11) is 0. The molecule has 0 spiro atoms. The van der Waals surface area contributed by atoms with E-state index in [1.54, 1.807) is 0 Å². The molecule has 4 rings (SSSR count). The molecule has 5 heteroatoms. The molecule has 154 valence electrons. The number of benzene rings is 1. The van der Waals surface area contributed by atoms with Crippen molar-refractivity contribution in [3.63, 3.8) is 0 Å². The first-order valence-electron chi connectivity index (χ1n) is 10.7. The summed E-state index contributed by atoms with van der Waals surface area (Å²) < 4.78 is 5.84. The normalized spacial score (nSPS) is 20.6. The number of H-pyrrole nitrogens is 1. The number of esters is 1. The monoisotopic (exact) mass is 413 g/mol. The highest BCUT2D eigenvalue weighted by Crippen LogP contribution is 2.35. The SMILES string of the molecule is Cc1c(C(=O)OC2CCCCCCC2)[nH]c2c1C(=O)C[C@@H](c1ccc(Cl)cc1)C2. The standard InChI is InChI=1S/C24H28ClNO3/c1-15-22-20(13-17(14-21(22)27)16-9-11-18(25)12-10-16)26-23(15)24(28)29-19-7-5-3-2-4-6-8-19/h9-12,17,19,26H,2-8,13-14H2,1H3/t17-/m0/s1. The molecule has 1 atom stereocenters. The van der Waals surface area contributed by atoms with Gasteiger partial charge in [-0.15, -0.1) is 0 Å². The first-order chi connectivity index (χ1) is 14.0. The minimum atomic E-state index is -0.321. The van der Waals surface area contributed by atoms with Crippen LogP contribution in [0.2, 0.25) is 5.02 Å². The van der Waals surface area contributed by atoms with Crippen LogP contribution in [0.4, 0.5) is 0 Å². The number of ether oxygens (including phenoxy) is 1. The molecule has 1 aromatic carbocycles. The van der Waals surface area contributed by atoms with E-state index < -0.39 is 0 Å². The Labute approximate surface area is 177 Å². The maximum Gasteiger partial charge on any atom is 0.355 e. The second kappa shape index (κ2) is 8.74. The summed E-state index contributed by atoms with van der Waals surface area (Å²) >= 11 is 5.99. The van der Waals surface area contributed by atoms with Crippen LogP contribution in [0.25, 0.3) is 0 Å². The summed E-state index contributed by atoms with van der Waals surface area (Å²) in [4.78, 5) is 29.0. The van der Waals surface area contributed by atoms with Crippen molar-refractivity contribution in [3.05, 3.63) is 57.4 Å². The third-order valence-corrected chi connectivity index (χ3v) is 6.61. The fourth-order valence-corrected chi connectivity index (χ4v) is 4.88. The van der Waals surface area contributed by atoms with Crippen molar-refractivity contribution in [1.29, 1.82) is 0 Å². The molecule has 1 saturated carbocycles. The Bertz CT molecular complexity index is 892. The van der Waals surface area contributed by atoms with Crippen molar-refractivity contribution < 1.29 is 14.3 Å². The minimum Gasteiger partial charge on any atom is -0.458 e. The fraction of sp³-hybridized carbons (Fsp3) is 0.500. The highest BCUT2D eigenvalue weighted by molar-refractivity contribution is 6.30. The quantitative estimate of drug-likeness (QED) is 0.613. The number of hydrogen-bond acceptors (Lipinski definition) is 3. The number of carbonyl (C=O) groups is 2. The van der Waals surface area contributed by atoms with Gasteiger partial charge >= 0.3 is 5.97 Å². The zero-order chi connectivity index (χ0) is 20.4. The van der Waals surface area contributed by atoms with Crippen LogP contribution < -0.4 is 0 Å². The number of carbonyl (C=O) groups excluding carboxylic acids is 2. The number of fused-ring (bicyclic) bond motifs is 1. The van der Waals surface area contributed by atoms with Crippen LogP contribution in [-0.2, 0) is 11.2 Å². The molecule has 0 unspecified atom stereocenters. The van der Waals surface area contributed by atoms with Gasteiger partial charge in [0, 0.05) is 22.7 Å². The van der Waals surface area contributed by atoms with Crippen molar-refractivity contribution >= 4 is 23.4 Å². The zero-order valence-electron chi connectivity index (χ0n) is 16.9. The molecule has 0 aliphatic heterocycles. The van der Waals surface area contributed by atoms with Crippen molar-refractivity contribution in [2.24, 2.45) is 0 Å². The van der Waals surface area contributed by atoms with E-state index in [0.717, 1.165) is 42.5 Å². The molecule has 0 amide bonds. The summed E-state index contributed by atoms with van der Waals surface area (Å²) in [5.74, 6) is -0.136. The van der Waals surface area contributed by atoms with Gasteiger partial charge in [0.1, 0.15) is 11.8 Å². The first-order valence-corrected chi connectivity index (χ1v) is 11.1. The van der Waals surface area contributed by atoms with Crippen LogP contribution in [0.1, 0.15) is 95.0 Å². The molecule has 0 radical (unpaired) electrons. The van der Waals surface area contributed by atoms with E-state index in [1.165, 1.54) is 19.3 Å². The maximum atomic E-state index is 12.9. The minimum absolute atomic E-state index is 0.0138. The Morgan fingerprint density at radius 1 is 1.03 bits per heavy atom. The summed E-state index contributed by atoms with van der Waals surface area (Å²) in [6, 6.07) is 7.67. The molecule has 2 aromatic rings.